The molecule has 156 valence electrons. The van der Waals surface area contributed by atoms with Gasteiger partial charge in [0, 0.05) is 31.2 Å². The van der Waals surface area contributed by atoms with Crippen LogP contribution in [-0.4, -0.2) is 65.2 Å². The molecule has 7 nitrogen and oxygen atoms in total. The first kappa shape index (κ1) is 21.6. The molecule has 0 aromatic heterocycles. The van der Waals surface area contributed by atoms with Crippen LogP contribution in [0.1, 0.15) is 0 Å². The fourth-order valence-electron chi connectivity index (χ4n) is 3.01. The van der Waals surface area contributed by atoms with E-state index >= 15 is 0 Å². The van der Waals surface area contributed by atoms with Gasteiger partial charge < -0.3 is 10.1 Å². The number of carbonyl (C=O) groups excluding carboxylic acids is 1. The van der Waals surface area contributed by atoms with Crippen LogP contribution in [0.4, 0.5) is 5.69 Å². The van der Waals surface area contributed by atoms with E-state index in [1.807, 2.05) is 0 Å². The van der Waals surface area contributed by atoms with Crippen LogP contribution in [0, 0.1) is 0 Å². The molecule has 29 heavy (non-hydrogen) atoms. The standard InChI is InChI=1S/C20H24ClN3O4S/c21-17-6-8-18(9-7-17)24(29(26,27)19-4-2-1-3-5-19)16-20(25)22-10-11-23-12-14-28-15-13-23/h1-9H,10-16H2,(H,22,25). The van der Waals surface area contributed by atoms with Crippen LogP contribution in [0.2, 0.25) is 5.02 Å². The molecule has 9 heteroatoms. The van der Waals surface area contributed by atoms with E-state index < -0.39 is 10.0 Å². The van der Waals surface area contributed by atoms with Gasteiger partial charge in [0.25, 0.3) is 10.0 Å². The molecule has 1 amide bonds. The quantitative estimate of drug-likeness (QED) is 0.683. The highest BCUT2D eigenvalue weighted by Crippen LogP contribution is 2.24. The van der Waals surface area contributed by atoms with Gasteiger partial charge in [-0.2, -0.15) is 0 Å². The van der Waals surface area contributed by atoms with Crippen LogP contribution in [-0.2, 0) is 19.6 Å². The van der Waals surface area contributed by atoms with E-state index in [0.717, 1.165) is 17.4 Å². The predicted molar refractivity (Wildman–Crippen MR) is 113 cm³/mol. The second-order valence-corrected chi connectivity index (χ2v) is 8.90. The van der Waals surface area contributed by atoms with Crippen molar-refractivity contribution in [3.8, 4) is 0 Å². The third-order valence-electron chi connectivity index (χ3n) is 4.59. The van der Waals surface area contributed by atoms with Crippen molar-refractivity contribution in [1.29, 1.82) is 0 Å². The van der Waals surface area contributed by atoms with E-state index in [4.69, 9.17) is 16.3 Å². The maximum atomic E-state index is 13.2. The van der Waals surface area contributed by atoms with Crippen molar-refractivity contribution in [2.24, 2.45) is 0 Å². The smallest absolute Gasteiger partial charge is 0.264 e. The van der Waals surface area contributed by atoms with E-state index in [9.17, 15) is 13.2 Å². The zero-order valence-corrected chi connectivity index (χ0v) is 17.5. The molecule has 2 aromatic carbocycles. The molecule has 1 saturated heterocycles. The van der Waals surface area contributed by atoms with E-state index in [1.165, 1.54) is 12.1 Å². The van der Waals surface area contributed by atoms with Crippen molar-refractivity contribution in [2.75, 3.05) is 50.2 Å². The Kier molecular flexibility index (Phi) is 7.49. The van der Waals surface area contributed by atoms with E-state index in [0.29, 0.717) is 37.0 Å². The van der Waals surface area contributed by atoms with E-state index in [2.05, 4.69) is 10.2 Å². The van der Waals surface area contributed by atoms with Crippen molar-refractivity contribution in [3.63, 3.8) is 0 Å². The molecule has 0 spiro atoms. The Morgan fingerprint density at radius 3 is 2.38 bits per heavy atom. The molecule has 0 unspecified atom stereocenters. The number of benzene rings is 2. The topological polar surface area (TPSA) is 79.0 Å². The summed E-state index contributed by atoms with van der Waals surface area (Å²) in [7, 11) is -3.91. The van der Waals surface area contributed by atoms with Crippen molar-refractivity contribution in [2.45, 2.75) is 4.90 Å². The number of amides is 1. The minimum atomic E-state index is -3.91. The number of hydrogen-bond acceptors (Lipinski definition) is 5. The zero-order valence-electron chi connectivity index (χ0n) is 16.0. The number of morpholine rings is 1. The normalized spacial score (nSPS) is 15.1. The Balaban J connectivity index is 1.71. The second kappa shape index (κ2) is 10.1. The fourth-order valence-corrected chi connectivity index (χ4v) is 4.57. The number of rotatable bonds is 8. The molecular weight excluding hydrogens is 414 g/mol. The minimum Gasteiger partial charge on any atom is -0.379 e. The minimum absolute atomic E-state index is 0.121. The zero-order chi connectivity index (χ0) is 20.7. The molecule has 1 heterocycles. The lowest BCUT2D eigenvalue weighted by molar-refractivity contribution is -0.119. The highest BCUT2D eigenvalue weighted by Gasteiger charge is 2.27. The van der Waals surface area contributed by atoms with Crippen LogP contribution in [0.3, 0.4) is 0 Å². The number of halogens is 1. The summed E-state index contributed by atoms with van der Waals surface area (Å²) in [5.74, 6) is -0.368. The third-order valence-corrected chi connectivity index (χ3v) is 6.63. The van der Waals surface area contributed by atoms with Gasteiger partial charge in [0.2, 0.25) is 5.91 Å². The van der Waals surface area contributed by atoms with Gasteiger partial charge in [-0.05, 0) is 36.4 Å². The lowest BCUT2D eigenvalue weighted by Gasteiger charge is -2.27. The molecule has 1 aliphatic rings. The Bertz CT molecular complexity index is 901. The van der Waals surface area contributed by atoms with Crippen LogP contribution < -0.4 is 9.62 Å². The van der Waals surface area contributed by atoms with Gasteiger partial charge in [0.15, 0.2) is 0 Å². The summed E-state index contributed by atoms with van der Waals surface area (Å²) < 4.78 is 32.7. The van der Waals surface area contributed by atoms with E-state index in [1.54, 1.807) is 42.5 Å². The summed E-state index contributed by atoms with van der Waals surface area (Å²) in [6.07, 6.45) is 0. The van der Waals surface area contributed by atoms with Crippen LogP contribution >= 0.6 is 11.6 Å². The molecule has 0 aliphatic carbocycles. The number of sulfonamides is 1. The van der Waals surface area contributed by atoms with Crippen molar-refractivity contribution in [1.82, 2.24) is 10.2 Å². The number of nitrogens with one attached hydrogen (secondary N) is 1. The molecule has 1 aliphatic heterocycles. The summed E-state index contributed by atoms with van der Waals surface area (Å²) in [5, 5.41) is 3.30. The molecular formula is C20H24ClN3O4S. The fraction of sp³-hybridized carbons (Fsp3) is 0.350. The van der Waals surface area contributed by atoms with Crippen molar-refractivity contribution < 1.29 is 17.9 Å². The molecule has 1 fully saturated rings. The van der Waals surface area contributed by atoms with Crippen LogP contribution in [0.25, 0.3) is 0 Å². The molecule has 2 aromatic rings. The number of anilines is 1. The predicted octanol–water partition coefficient (Wildman–Crippen LogP) is 1.98. The van der Waals surface area contributed by atoms with Gasteiger partial charge in [-0.3, -0.25) is 14.0 Å². The first-order chi connectivity index (χ1) is 14.0. The molecule has 0 atom stereocenters. The van der Waals surface area contributed by atoms with Crippen molar-refractivity contribution >= 4 is 33.2 Å². The second-order valence-electron chi connectivity index (χ2n) is 6.61. The van der Waals surface area contributed by atoms with Gasteiger partial charge in [-0.15, -0.1) is 0 Å². The Morgan fingerprint density at radius 1 is 1.07 bits per heavy atom. The summed E-state index contributed by atoms with van der Waals surface area (Å²) in [4.78, 5) is 14.8. The summed E-state index contributed by atoms with van der Waals surface area (Å²) in [6.45, 7) is 3.85. The third kappa shape index (κ3) is 5.93. The molecule has 3 rings (SSSR count). The average Bonchev–Trinajstić information content (AvgIpc) is 2.74. The number of ether oxygens (including phenoxy) is 1. The van der Waals surface area contributed by atoms with Gasteiger partial charge in [-0.25, -0.2) is 8.42 Å². The first-order valence-corrected chi connectivity index (χ1v) is 11.2. The molecule has 1 N–H and O–H groups in total. The Hall–Kier alpha value is -2.13. The van der Waals surface area contributed by atoms with Gasteiger partial charge in [-0.1, -0.05) is 29.8 Å². The molecule has 0 bridgehead atoms. The number of hydrogen-bond donors (Lipinski definition) is 1. The number of nitrogens with zero attached hydrogens (tertiary/aromatic N) is 2. The number of carbonyl (C=O) groups is 1. The highest BCUT2D eigenvalue weighted by atomic mass is 35.5. The van der Waals surface area contributed by atoms with Gasteiger partial charge in [0.05, 0.1) is 23.8 Å². The van der Waals surface area contributed by atoms with E-state index in [-0.39, 0.29) is 17.3 Å². The van der Waals surface area contributed by atoms with Crippen molar-refractivity contribution in [3.05, 3.63) is 59.6 Å². The maximum Gasteiger partial charge on any atom is 0.264 e. The van der Waals surface area contributed by atoms with Crippen LogP contribution in [0.5, 0.6) is 0 Å². The average molecular weight is 438 g/mol. The summed E-state index contributed by atoms with van der Waals surface area (Å²) in [6, 6.07) is 14.4. The maximum absolute atomic E-state index is 13.2. The van der Waals surface area contributed by atoms with Crippen LogP contribution in [0.15, 0.2) is 59.5 Å². The molecule has 0 radical (unpaired) electrons. The monoisotopic (exact) mass is 437 g/mol. The lowest BCUT2D eigenvalue weighted by atomic mass is 10.3. The van der Waals surface area contributed by atoms with Gasteiger partial charge in [0.1, 0.15) is 6.54 Å². The largest absolute Gasteiger partial charge is 0.379 e. The molecule has 0 saturated carbocycles. The SMILES string of the molecule is O=C(CN(c1ccc(Cl)cc1)S(=O)(=O)c1ccccc1)NCCN1CCOCC1. The van der Waals surface area contributed by atoms with Gasteiger partial charge >= 0.3 is 0 Å². The first-order valence-electron chi connectivity index (χ1n) is 9.37. The lowest BCUT2D eigenvalue weighted by Crippen LogP contribution is -2.44. The summed E-state index contributed by atoms with van der Waals surface area (Å²) >= 11 is 5.93. The Labute approximate surface area is 176 Å². The summed E-state index contributed by atoms with van der Waals surface area (Å²) in [5.41, 5.74) is 0.376. The highest BCUT2D eigenvalue weighted by molar-refractivity contribution is 7.92. The Morgan fingerprint density at radius 2 is 1.72 bits per heavy atom.